The van der Waals surface area contributed by atoms with E-state index in [1.54, 1.807) is 0 Å². The van der Waals surface area contributed by atoms with Gasteiger partial charge in [-0.25, -0.2) is 4.98 Å². The summed E-state index contributed by atoms with van der Waals surface area (Å²) in [7, 11) is 0. The second-order valence-corrected chi connectivity index (χ2v) is 7.15. The second-order valence-electron chi connectivity index (χ2n) is 7.15. The molecule has 7 heteroatoms. The molecule has 1 fully saturated rings. The molecule has 0 spiro atoms. The van der Waals surface area contributed by atoms with Gasteiger partial charge in [-0.05, 0) is 32.6 Å². The van der Waals surface area contributed by atoms with Crippen LogP contribution in [0.15, 0.2) is 23.7 Å². The summed E-state index contributed by atoms with van der Waals surface area (Å²) in [5.74, 6) is 1.58. The zero-order valence-electron chi connectivity index (χ0n) is 16.6. The molecule has 0 aromatic carbocycles. The Kier molecular flexibility index (Phi) is 7.94. The van der Waals surface area contributed by atoms with Crippen LogP contribution in [0.25, 0.3) is 0 Å². The number of hydrogen-bond donors (Lipinski definition) is 2. The lowest BCUT2D eigenvalue weighted by Crippen LogP contribution is -2.49. The van der Waals surface area contributed by atoms with Gasteiger partial charge in [0.1, 0.15) is 0 Å². The topological polar surface area (TPSA) is 74.6 Å². The number of piperidine rings is 1. The third-order valence-corrected chi connectivity index (χ3v) is 5.08. The van der Waals surface area contributed by atoms with Crippen LogP contribution in [0.3, 0.4) is 0 Å². The Balaban J connectivity index is 1.96. The van der Waals surface area contributed by atoms with E-state index >= 15 is 0 Å². The van der Waals surface area contributed by atoms with E-state index in [1.807, 2.05) is 25.6 Å². The van der Waals surface area contributed by atoms with Gasteiger partial charge in [0.15, 0.2) is 5.96 Å². The minimum atomic E-state index is 0.0718. The van der Waals surface area contributed by atoms with E-state index in [2.05, 4.69) is 45.9 Å². The number of hydrogen-bond acceptors (Lipinski definition) is 3. The number of carbonyl (C=O) groups is 1. The van der Waals surface area contributed by atoms with Crippen molar-refractivity contribution in [1.82, 2.24) is 25.1 Å². The number of aliphatic imine (C=N–C) groups is 1. The number of aromatic nitrogens is 2. The van der Waals surface area contributed by atoms with Gasteiger partial charge in [0.05, 0.1) is 18.9 Å². The van der Waals surface area contributed by atoms with Gasteiger partial charge in [0.2, 0.25) is 5.91 Å². The van der Waals surface area contributed by atoms with Gasteiger partial charge in [-0.2, -0.15) is 0 Å². The molecular weight excluding hydrogens is 328 g/mol. The first kappa shape index (κ1) is 20.3. The molecule has 0 aliphatic carbocycles. The zero-order chi connectivity index (χ0) is 18.9. The maximum atomic E-state index is 12.0. The lowest BCUT2D eigenvalue weighted by atomic mass is 9.93. The van der Waals surface area contributed by atoms with Gasteiger partial charge in [-0.15, -0.1) is 0 Å². The fourth-order valence-electron chi connectivity index (χ4n) is 3.23. The molecule has 2 rings (SSSR count). The minimum absolute atomic E-state index is 0.0718. The zero-order valence-corrected chi connectivity index (χ0v) is 16.6. The van der Waals surface area contributed by atoms with Crippen molar-refractivity contribution in [2.45, 2.75) is 59.0 Å². The summed E-state index contributed by atoms with van der Waals surface area (Å²) in [5.41, 5.74) is 0. The molecule has 0 radical (unpaired) electrons. The van der Waals surface area contributed by atoms with Crippen molar-refractivity contribution in [2.75, 3.05) is 26.2 Å². The first-order valence-electron chi connectivity index (χ1n) is 9.85. The molecule has 0 bridgehead atoms. The Morgan fingerprint density at radius 2 is 2.23 bits per heavy atom. The summed E-state index contributed by atoms with van der Waals surface area (Å²) >= 11 is 0. The van der Waals surface area contributed by atoms with Crippen molar-refractivity contribution in [3.05, 3.63) is 18.7 Å². The van der Waals surface area contributed by atoms with E-state index in [1.165, 1.54) is 0 Å². The highest BCUT2D eigenvalue weighted by Gasteiger charge is 2.28. The quantitative estimate of drug-likeness (QED) is 0.575. The summed E-state index contributed by atoms with van der Waals surface area (Å²) in [5, 5.41) is 6.37. The van der Waals surface area contributed by atoms with E-state index in [-0.39, 0.29) is 11.9 Å². The van der Waals surface area contributed by atoms with Gasteiger partial charge < -0.3 is 20.1 Å². The molecule has 3 unspecified atom stereocenters. The van der Waals surface area contributed by atoms with Crippen molar-refractivity contribution in [1.29, 1.82) is 0 Å². The number of rotatable bonds is 7. The number of imidazole rings is 1. The van der Waals surface area contributed by atoms with Crippen LogP contribution >= 0.6 is 0 Å². The van der Waals surface area contributed by atoms with Crippen molar-refractivity contribution in [3.8, 4) is 0 Å². The van der Waals surface area contributed by atoms with Crippen LogP contribution in [0.4, 0.5) is 0 Å². The van der Waals surface area contributed by atoms with Crippen molar-refractivity contribution in [2.24, 2.45) is 10.9 Å². The van der Waals surface area contributed by atoms with E-state index < -0.39 is 0 Å². The molecule has 1 aromatic heterocycles. The van der Waals surface area contributed by atoms with Gasteiger partial charge >= 0.3 is 0 Å². The SMILES string of the molecule is CCNC(=NCCC(=O)NC(C)CC)N1CCC(C)C(n2ccnc2)C1. The number of nitrogens with one attached hydrogen (secondary N) is 2. The highest BCUT2D eigenvalue weighted by molar-refractivity contribution is 5.81. The smallest absolute Gasteiger partial charge is 0.222 e. The standard InChI is InChI=1S/C19H34N6O/c1-5-16(4)23-18(26)7-9-22-19(21-6-2)24-11-8-15(3)17(13-24)25-12-10-20-14-25/h10,12,14-17H,5-9,11,13H2,1-4H3,(H,21,22)(H,23,26). The molecule has 7 nitrogen and oxygen atoms in total. The van der Waals surface area contributed by atoms with Crippen LogP contribution in [0.2, 0.25) is 0 Å². The molecule has 146 valence electrons. The Hall–Kier alpha value is -2.05. The molecule has 2 heterocycles. The molecule has 3 atom stereocenters. The molecule has 1 saturated heterocycles. The fraction of sp³-hybridized carbons (Fsp3) is 0.737. The normalized spacial score (nSPS) is 22.2. The maximum Gasteiger partial charge on any atom is 0.222 e. The Morgan fingerprint density at radius 3 is 2.88 bits per heavy atom. The number of nitrogens with zero attached hydrogens (tertiary/aromatic N) is 4. The van der Waals surface area contributed by atoms with Gasteiger partial charge in [-0.3, -0.25) is 9.79 Å². The van der Waals surface area contributed by atoms with Gasteiger partial charge in [0.25, 0.3) is 0 Å². The third-order valence-electron chi connectivity index (χ3n) is 5.08. The first-order valence-corrected chi connectivity index (χ1v) is 9.85. The Labute approximate surface area is 157 Å². The van der Waals surface area contributed by atoms with Crippen LogP contribution in [0.5, 0.6) is 0 Å². The van der Waals surface area contributed by atoms with Crippen LogP contribution in [0.1, 0.15) is 53.0 Å². The van der Waals surface area contributed by atoms with Crippen LogP contribution in [-0.2, 0) is 4.79 Å². The monoisotopic (exact) mass is 362 g/mol. The molecule has 1 aromatic rings. The average molecular weight is 363 g/mol. The highest BCUT2D eigenvalue weighted by atomic mass is 16.1. The summed E-state index contributed by atoms with van der Waals surface area (Å²) < 4.78 is 2.19. The van der Waals surface area contributed by atoms with Crippen molar-refractivity contribution < 1.29 is 4.79 Å². The van der Waals surface area contributed by atoms with Gasteiger partial charge in [-0.1, -0.05) is 13.8 Å². The molecule has 1 aliphatic rings. The minimum Gasteiger partial charge on any atom is -0.357 e. The lowest BCUT2D eigenvalue weighted by Gasteiger charge is -2.39. The molecule has 1 aliphatic heterocycles. The van der Waals surface area contributed by atoms with Crippen LogP contribution < -0.4 is 10.6 Å². The van der Waals surface area contributed by atoms with Crippen molar-refractivity contribution in [3.63, 3.8) is 0 Å². The number of guanidine groups is 1. The fourth-order valence-corrected chi connectivity index (χ4v) is 3.23. The summed E-state index contributed by atoms with van der Waals surface area (Å²) in [6.07, 6.45) is 8.25. The molecule has 26 heavy (non-hydrogen) atoms. The number of amides is 1. The number of likely N-dealkylation sites (tertiary alicyclic amines) is 1. The van der Waals surface area contributed by atoms with E-state index in [4.69, 9.17) is 4.99 Å². The predicted octanol–water partition coefficient (Wildman–Crippen LogP) is 2.04. The lowest BCUT2D eigenvalue weighted by molar-refractivity contribution is -0.121. The second kappa shape index (κ2) is 10.2. The van der Waals surface area contributed by atoms with Crippen molar-refractivity contribution >= 4 is 11.9 Å². The highest BCUT2D eigenvalue weighted by Crippen LogP contribution is 2.27. The van der Waals surface area contributed by atoms with Crippen LogP contribution in [-0.4, -0.2) is 58.5 Å². The van der Waals surface area contributed by atoms with Crippen LogP contribution in [0, 0.1) is 5.92 Å². The molecule has 0 saturated carbocycles. The maximum absolute atomic E-state index is 12.0. The first-order chi connectivity index (χ1) is 12.5. The summed E-state index contributed by atoms with van der Waals surface area (Å²) in [6, 6.07) is 0.614. The molecule has 2 N–H and O–H groups in total. The van der Waals surface area contributed by atoms with E-state index in [0.29, 0.717) is 24.9 Å². The van der Waals surface area contributed by atoms with Gasteiger partial charge in [0, 0.05) is 44.5 Å². The largest absolute Gasteiger partial charge is 0.357 e. The summed E-state index contributed by atoms with van der Waals surface area (Å²) in [4.78, 5) is 23.1. The predicted molar refractivity (Wildman–Crippen MR) is 105 cm³/mol. The third kappa shape index (κ3) is 5.75. The molecular formula is C19H34N6O. The Morgan fingerprint density at radius 1 is 1.42 bits per heavy atom. The average Bonchev–Trinajstić information content (AvgIpc) is 3.15. The Bertz CT molecular complexity index is 571. The van der Waals surface area contributed by atoms with E-state index in [0.717, 1.165) is 38.4 Å². The van der Waals surface area contributed by atoms with E-state index in [9.17, 15) is 4.79 Å². The number of carbonyl (C=O) groups excluding carboxylic acids is 1. The molecule has 1 amide bonds. The summed E-state index contributed by atoms with van der Waals surface area (Å²) in [6.45, 7) is 11.7.